The Morgan fingerprint density at radius 2 is 1.10 bits per heavy atom. The molecule has 68 heavy (non-hydrogen) atoms. The van der Waals surface area contributed by atoms with Crippen molar-refractivity contribution < 1.29 is 29.6 Å². The molecular weight excluding hydrogens is 861 g/mol. The van der Waals surface area contributed by atoms with E-state index in [0.29, 0.717) is 55.4 Å². The number of unbranched alkanes of at least 4 members (excludes halogenated alkanes) is 6. The van der Waals surface area contributed by atoms with Gasteiger partial charge in [-0.05, 0) is 110 Å². The van der Waals surface area contributed by atoms with Gasteiger partial charge in [0.25, 0.3) is 11.8 Å². The highest BCUT2D eigenvalue weighted by molar-refractivity contribution is 5.95. The Labute approximate surface area is 400 Å². The maximum absolute atomic E-state index is 13.4. The SMILES string of the molecule is Cc1cccc(C)c1N(c1ccc(C(=O)N(C)CCCCCCC(=O)NO)cc1)c1ncc(CC(C)c2cccc(C(C)C)c2Nc2ncc(C(=O)N(C)CCCCCCC(=O)NO)cn2)cn1. The Balaban J connectivity index is 1.27. The molecule has 4 amide bonds. The normalized spacial score (nSPS) is 11.5. The van der Waals surface area contributed by atoms with Gasteiger partial charge in [0.05, 0.1) is 11.3 Å². The number of carbonyl (C=O) groups excluding carboxylic acids is 4. The molecule has 5 N–H and O–H groups in total. The standard InChI is InChI=1S/C52H68N10O6/c1-35(2)43-20-17-21-44(47(43)57-51-53-33-41(34-54-51)50(66)61(7)29-15-11-9-13-23-46(64)59-68)38(5)30-39-31-55-52(56-32-39)62(48-36(3)18-16-19-37(48)4)42-26-24-40(25-27-42)49(65)60(6)28-14-10-8-12-22-45(63)58-67/h16-21,24-27,31-35,38,67-68H,8-15,22-23,28-30H2,1-7H3,(H,58,63)(H,59,64)(H,53,54,57). The Bertz CT molecular complexity index is 2410. The number of hydroxylamine groups is 2. The number of rotatable bonds is 25. The molecule has 0 aliphatic carbocycles. The summed E-state index contributed by atoms with van der Waals surface area (Å²) < 4.78 is 0. The highest BCUT2D eigenvalue weighted by atomic mass is 16.5. The van der Waals surface area contributed by atoms with Crippen molar-refractivity contribution in [3.05, 3.63) is 124 Å². The largest absolute Gasteiger partial charge is 0.342 e. The molecule has 2 heterocycles. The second-order valence-corrected chi connectivity index (χ2v) is 17.9. The summed E-state index contributed by atoms with van der Waals surface area (Å²) in [7, 11) is 3.55. The maximum Gasteiger partial charge on any atom is 0.256 e. The van der Waals surface area contributed by atoms with Crippen molar-refractivity contribution in [2.45, 2.75) is 117 Å². The first-order valence-electron chi connectivity index (χ1n) is 23.6. The van der Waals surface area contributed by atoms with Gasteiger partial charge in [-0.15, -0.1) is 0 Å². The number of aromatic nitrogens is 4. The van der Waals surface area contributed by atoms with Crippen molar-refractivity contribution in [3.63, 3.8) is 0 Å². The quantitative estimate of drug-likeness (QED) is 0.0211. The van der Waals surface area contributed by atoms with Gasteiger partial charge in [-0.1, -0.05) is 82.9 Å². The second kappa shape index (κ2) is 25.9. The van der Waals surface area contributed by atoms with Crippen LogP contribution in [0.2, 0.25) is 0 Å². The van der Waals surface area contributed by atoms with E-state index in [1.165, 1.54) is 0 Å². The van der Waals surface area contributed by atoms with Crippen LogP contribution in [0.1, 0.15) is 145 Å². The van der Waals surface area contributed by atoms with E-state index in [0.717, 1.165) is 83.4 Å². The van der Waals surface area contributed by atoms with E-state index in [4.69, 9.17) is 20.4 Å². The fourth-order valence-corrected chi connectivity index (χ4v) is 8.26. The number of nitrogens with zero attached hydrogens (tertiary/aromatic N) is 7. The van der Waals surface area contributed by atoms with Gasteiger partial charge in [-0.25, -0.2) is 30.9 Å². The molecule has 0 radical (unpaired) electrons. The summed E-state index contributed by atoms with van der Waals surface area (Å²) in [6.45, 7) is 11.7. The number of para-hydroxylation sites is 2. The summed E-state index contributed by atoms with van der Waals surface area (Å²) in [6, 6.07) is 20.0. The van der Waals surface area contributed by atoms with Gasteiger partial charge in [0, 0.05) is 81.8 Å². The number of hydrogen-bond donors (Lipinski definition) is 5. The predicted octanol–water partition coefficient (Wildman–Crippen LogP) is 9.62. The van der Waals surface area contributed by atoms with Crippen LogP contribution in [0.5, 0.6) is 0 Å². The molecule has 0 aliphatic rings. The summed E-state index contributed by atoms with van der Waals surface area (Å²) in [5, 5.41) is 20.8. The van der Waals surface area contributed by atoms with Gasteiger partial charge in [-0.2, -0.15) is 0 Å². The number of carbonyl (C=O) groups is 4. The van der Waals surface area contributed by atoms with E-state index in [1.807, 2.05) is 47.6 Å². The van der Waals surface area contributed by atoms with E-state index in [-0.39, 0.29) is 42.4 Å². The highest BCUT2D eigenvalue weighted by Gasteiger charge is 2.23. The van der Waals surface area contributed by atoms with Crippen molar-refractivity contribution in [3.8, 4) is 0 Å². The molecule has 16 nitrogen and oxygen atoms in total. The summed E-state index contributed by atoms with van der Waals surface area (Å²) in [5.74, 6) is 0.115. The van der Waals surface area contributed by atoms with Crippen molar-refractivity contribution >= 4 is 52.6 Å². The van der Waals surface area contributed by atoms with Gasteiger partial charge < -0.3 is 15.1 Å². The molecule has 0 aliphatic heterocycles. The topological polar surface area (TPSA) is 206 Å². The average molecular weight is 929 g/mol. The number of nitrogens with one attached hydrogen (secondary N) is 3. The van der Waals surface area contributed by atoms with Gasteiger partial charge in [0.15, 0.2) is 0 Å². The summed E-state index contributed by atoms with van der Waals surface area (Å²) >= 11 is 0. The predicted molar refractivity (Wildman–Crippen MR) is 264 cm³/mol. The monoisotopic (exact) mass is 929 g/mol. The third-order valence-electron chi connectivity index (χ3n) is 12.1. The number of benzene rings is 3. The molecule has 16 heteroatoms. The molecule has 362 valence electrons. The molecule has 5 aromatic rings. The molecule has 2 aromatic heterocycles. The van der Waals surface area contributed by atoms with Crippen LogP contribution in [0, 0.1) is 13.8 Å². The molecule has 0 saturated carbocycles. The Kier molecular flexibility index (Phi) is 19.9. The van der Waals surface area contributed by atoms with Crippen molar-refractivity contribution in [1.82, 2.24) is 40.7 Å². The van der Waals surface area contributed by atoms with Crippen LogP contribution in [0.3, 0.4) is 0 Å². The first-order valence-corrected chi connectivity index (χ1v) is 23.6. The Hall–Kier alpha value is -6.78. The molecule has 1 unspecified atom stereocenters. The van der Waals surface area contributed by atoms with Crippen LogP contribution in [0.25, 0.3) is 0 Å². The van der Waals surface area contributed by atoms with E-state index in [1.54, 1.807) is 47.2 Å². The fraction of sp³-hybridized carbons (Fsp3) is 0.423. The summed E-state index contributed by atoms with van der Waals surface area (Å²) in [6.07, 6.45) is 14.4. The van der Waals surface area contributed by atoms with Crippen molar-refractivity contribution in [1.29, 1.82) is 0 Å². The zero-order chi connectivity index (χ0) is 49.2. The first kappa shape index (κ1) is 52.2. The lowest BCUT2D eigenvalue weighted by molar-refractivity contribution is -0.130. The van der Waals surface area contributed by atoms with Crippen LogP contribution in [0.4, 0.5) is 29.0 Å². The average Bonchev–Trinajstić information content (AvgIpc) is 3.34. The first-order chi connectivity index (χ1) is 32.7. The van der Waals surface area contributed by atoms with Crippen LogP contribution in [-0.4, -0.2) is 91.0 Å². The number of hydrogen-bond acceptors (Lipinski definition) is 12. The lowest BCUT2D eigenvalue weighted by Crippen LogP contribution is -2.28. The van der Waals surface area contributed by atoms with Gasteiger partial charge >= 0.3 is 0 Å². The zero-order valence-corrected chi connectivity index (χ0v) is 40.6. The maximum atomic E-state index is 13.4. The van der Waals surface area contributed by atoms with Crippen LogP contribution >= 0.6 is 0 Å². The Morgan fingerprint density at radius 1 is 0.603 bits per heavy atom. The number of anilines is 5. The summed E-state index contributed by atoms with van der Waals surface area (Å²) in [5.41, 5.74) is 12.2. The third-order valence-corrected chi connectivity index (χ3v) is 12.1. The molecule has 0 saturated heterocycles. The van der Waals surface area contributed by atoms with Gasteiger partial charge in [-0.3, -0.25) is 34.5 Å². The lowest BCUT2D eigenvalue weighted by atomic mass is 9.89. The van der Waals surface area contributed by atoms with Crippen molar-refractivity contribution in [2.75, 3.05) is 37.4 Å². The number of aryl methyl sites for hydroxylation is 2. The van der Waals surface area contributed by atoms with Crippen LogP contribution < -0.4 is 21.2 Å². The third kappa shape index (κ3) is 14.6. The van der Waals surface area contributed by atoms with Crippen LogP contribution in [-0.2, 0) is 16.0 Å². The van der Waals surface area contributed by atoms with Crippen molar-refractivity contribution in [2.24, 2.45) is 0 Å². The molecule has 5 rings (SSSR count). The van der Waals surface area contributed by atoms with Crippen LogP contribution in [0.15, 0.2) is 85.5 Å². The molecule has 0 spiro atoms. The van der Waals surface area contributed by atoms with Gasteiger partial charge in [0.2, 0.25) is 23.7 Å². The molecule has 0 fully saturated rings. The molecule has 1 atom stereocenters. The van der Waals surface area contributed by atoms with E-state index < -0.39 is 5.91 Å². The minimum absolute atomic E-state index is 0.0463. The zero-order valence-electron chi connectivity index (χ0n) is 40.6. The molecule has 3 aromatic carbocycles. The molecular formula is C52H68N10O6. The molecule has 0 bridgehead atoms. The Morgan fingerprint density at radius 3 is 1.63 bits per heavy atom. The smallest absolute Gasteiger partial charge is 0.256 e. The van der Waals surface area contributed by atoms with E-state index in [9.17, 15) is 19.2 Å². The van der Waals surface area contributed by atoms with E-state index >= 15 is 0 Å². The van der Waals surface area contributed by atoms with Gasteiger partial charge in [0.1, 0.15) is 0 Å². The number of amides is 4. The fourth-order valence-electron chi connectivity index (χ4n) is 8.26. The minimum atomic E-state index is -0.392. The lowest BCUT2D eigenvalue weighted by Gasteiger charge is -2.27. The minimum Gasteiger partial charge on any atom is -0.342 e. The van der Waals surface area contributed by atoms with E-state index in [2.05, 4.69) is 80.2 Å². The highest BCUT2D eigenvalue weighted by Crippen LogP contribution is 2.38. The second-order valence-electron chi connectivity index (χ2n) is 17.9. The summed E-state index contributed by atoms with van der Waals surface area (Å²) in [4.78, 5) is 73.5.